The Bertz CT molecular complexity index is 198. The van der Waals surface area contributed by atoms with Crippen molar-refractivity contribution in [2.75, 3.05) is 11.5 Å². The molecule has 0 aromatic carbocycles. The lowest BCUT2D eigenvalue weighted by atomic mass is 10.1. The predicted octanol–water partition coefficient (Wildman–Crippen LogP) is 4.11. The molecule has 0 heterocycles. The molecular formula is C13H27NOS2. The van der Waals surface area contributed by atoms with E-state index in [0.29, 0.717) is 18.4 Å². The van der Waals surface area contributed by atoms with Crippen LogP contribution in [0.1, 0.15) is 53.4 Å². The summed E-state index contributed by atoms with van der Waals surface area (Å²) >= 11 is 0. The van der Waals surface area contributed by atoms with Gasteiger partial charge in [0.25, 0.3) is 0 Å². The molecule has 0 fully saturated rings. The van der Waals surface area contributed by atoms with Crippen LogP contribution in [0.3, 0.4) is 0 Å². The summed E-state index contributed by atoms with van der Waals surface area (Å²) < 4.78 is 0. The molecule has 0 saturated carbocycles. The highest BCUT2D eigenvalue weighted by molar-refractivity contribution is 8.76. The Kier molecular flexibility index (Phi) is 11.4. The summed E-state index contributed by atoms with van der Waals surface area (Å²) in [5, 5.41) is 3.15. The van der Waals surface area contributed by atoms with Gasteiger partial charge in [-0.25, -0.2) is 0 Å². The molecule has 1 unspecified atom stereocenters. The molecule has 2 nitrogen and oxygen atoms in total. The quantitative estimate of drug-likeness (QED) is 0.481. The average molecular weight is 277 g/mol. The second-order valence-corrected chi connectivity index (χ2v) is 7.38. The second kappa shape index (κ2) is 11.3. The van der Waals surface area contributed by atoms with Crippen molar-refractivity contribution in [3.8, 4) is 0 Å². The maximum Gasteiger partial charge on any atom is 0.220 e. The Morgan fingerprint density at radius 3 is 2.41 bits per heavy atom. The summed E-state index contributed by atoms with van der Waals surface area (Å²) in [5.74, 6) is 3.07. The molecule has 0 aromatic rings. The molecule has 1 amide bonds. The molecule has 17 heavy (non-hydrogen) atoms. The molecule has 0 bridgehead atoms. The van der Waals surface area contributed by atoms with E-state index in [-0.39, 0.29) is 5.91 Å². The summed E-state index contributed by atoms with van der Waals surface area (Å²) in [4.78, 5) is 11.6. The predicted molar refractivity (Wildman–Crippen MR) is 81.5 cm³/mol. The third-order valence-corrected chi connectivity index (χ3v) is 4.93. The summed E-state index contributed by atoms with van der Waals surface area (Å²) in [6.07, 6.45) is 3.88. The van der Waals surface area contributed by atoms with Gasteiger partial charge in [0, 0.05) is 24.0 Å². The van der Waals surface area contributed by atoms with Crippen molar-refractivity contribution in [2.45, 2.75) is 59.4 Å². The Morgan fingerprint density at radius 1 is 1.18 bits per heavy atom. The van der Waals surface area contributed by atoms with Gasteiger partial charge in [-0.1, -0.05) is 49.3 Å². The lowest BCUT2D eigenvalue weighted by molar-refractivity contribution is -0.121. The highest BCUT2D eigenvalue weighted by Gasteiger charge is 2.13. The van der Waals surface area contributed by atoms with Crippen LogP contribution in [0.4, 0.5) is 0 Å². The van der Waals surface area contributed by atoms with E-state index in [1.807, 2.05) is 28.5 Å². The average Bonchev–Trinajstić information content (AvgIpc) is 2.23. The van der Waals surface area contributed by atoms with Gasteiger partial charge in [-0.3, -0.25) is 4.79 Å². The number of rotatable bonds is 10. The molecule has 1 atom stereocenters. The van der Waals surface area contributed by atoms with Crippen LogP contribution in [-0.4, -0.2) is 23.5 Å². The first kappa shape index (κ1) is 17.2. The number of hydrogen-bond donors (Lipinski definition) is 1. The summed E-state index contributed by atoms with van der Waals surface area (Å²) in [6, 6.07) is 0.336. The molecule has 0 radical (unpaired) electrons. The van der Waals surface area contributed by atoms with Crippen molar-refractivity contribution in [2.24, 2.45) is 5.92 Å². The largest absolute Gasteiger partial charge is 0.353 e. The van der Waals surface area contributed by atoms with E-state index < -0.39 is 0 Å². The van der Waals surface area contributed by atoms with Gasteiger partial charge >= 0.3 is 0 Å². The Morgan fingerprint density at radius 2 is 1.88 bits per heavy atom. The number of carbonyl (C=O) groups is 1. The third kappa shape index (κ3) is 11.0. The fourth-order valence-electron chi connectivity index (χ4n) is 1.54. The van der Waals surface area contributed by atoms with Crippen LogP contribution in [0.15, 0.2) is 0 Å². The van der Waals surface area contributed by atoms with Crippen LogP contribution in [0.2, 0.25) is 0 Å². The zero-order chi connectivity index (χ0) is 13.1. The monoisotopic (exact) mass is 277 g/mol. The molecule has 0 aromatic heterocycles. The highest BCUT2D eigenvalue weighted by atomic mass is 33.1. The first-order chi connectivity index (χ1) is 8.10. The van der Waals surface area contributed by atoms with Gasteiger partial charge < -0.3 is 5.32 Å². The van der Waals surface area contributed by atoms with Gasteiger partial charge in [0.2, 0.25) is 5.91 Å². The van der Waals surface area contributed by atoms with Crippen molar-refractivity contribution in [3.05, 3.63) is 0 Å². The van der Waals surface area contributed by atoms with E-state index in [9.17, 15) is 4.79 Å². The normalized spacial score (nSPS) is 12.8. The van der Waals surface area contributed by atoms with Gasteiger partial charge in [-0.2, -0.15) is 0 Å². The van der Waals surface area contributed by atoms with E-state index in [1.165, 1.54) is 12.2 Å². The van der Waals surface area contributed by atoms with Crippen molar-refractivity contribution in [3.63, 3.8) is 0 Å². The zero-order valence-electron chi connectivity index (χ0n) is 11.6. The minimum Gasteiger partial charge on any atom is -0.353 e. The highest BCUT2D eigenvalue weighted by Crippen LogP contribution is 2.24. The van der Waals surface area contributed by atoms with Crippen molar-refractivity contribution < 1.29 is 4.79 Å². The van der Waals surface area contributed by atoms with Crippen LogP contribution in [0.5, 0.6) is 0 Å². The molecule has 0 rings (SSSR count). The first-order valence-corrected chi connectivity index (χ1v) is 9.12. The zero-order valence-corrected chi connectivity index (χ0v) is 13.3. The van der Waals surface area contributed by atoms with Gasteiger partial charge in [-0.05, 0) is 25.2 Å². The SMILES string of the molecule is CCCSSCC(CC(C)C)NC(=O)CCC. The summed E-state index contributed by atoms with van der Waals surface area (Å²) in [5.41, 5.74) is 0. The Labute approximate surface area is 114 Å². The fourth-order valence-corrected chi connectivity index (χ4v) is 3.94. The molecule has 0 aliphatic rings. The number of hydrogen-bond acceptors (Lipinski definition) is 3. The van der Waals surface area contributed by atoms with E-state index in [1.54, 1.807) is 0 Å². The van der Waals surface area contributed by atoms with Crippen molar-refractivity contribution in [1.29, 1.82) is 0 Å². The van der Waals surface area contributed by atoms with Crippen LogP contribution in [0, 0.1) is 5.92 Å². The second-order valence-electron chi connectivity index (χ2n) is 4.75. The van der Waals surface area contributed by atoms with Crippen LogP contribution < -0.4 is 5.32 Å². The molecule has 102 valence electrons. The van der Waals surface area contributed by atoms with Crippen LogP contribution in [0.25, 0.3) is 0 Å². The van der Waals surface area contributed by atoms with Gasteiger partial charge in [0.1, 0.15) is 0 Å². The van der Waals surface area contributed by atoms with Gasteiger partial charge in [0.05, 0.1) is 0 Å². The Hall–Kier alpha value is 0.170. The number of carbonyl (C=O) groups excluding carboxylic acids is 1. The molecule has 0 aliphatic carbocycles. The number of nitrogens with one attached hydrogen (secondary N) is 1. The Balaban J connectivity index is 3.91. The molecule has 0 saturated heterocycles. The van der Waals surface area contributed by atoms with E-state index in [4.69, 9.17) is 0 Å². The lowest BCUT2D eigenvalue weighted by Gasteiger charge is -2.20. The fraction of sp³-hybridized carbons (Fsp3) is 0.923. The molecule has 4 heteroatoms. The van der Waals surface area contributed by atoms with Gasteiger partial charge in [-0.15, -0.1) is 0 Å². The van der Waals surface area contributed by atoms with Crippen LogP contribution in [-0.2, 0) is 4.79 Å². The van der Waals surface area contributed by atoms with Gasteiger partial charge in [0.15, 0.2) is 0 Å². The topological polar surface area (TPSA) is 29.1 Å². The maximum absolute atomic E-state index is 11.6. The van der Waals surface area contributed by atoms with E-state index in [2.05, 4.69) is 26.1 Å². The summed E-state index contributed by atoms with van der Waals surface area (Å²) in [6.45, 7) is 8.66. The van der Waals surface area contributed by atoms with Crippen molar-refractivity contribution >= 4 is 27.5 Å². The molecule has 0 spiro atoms. The smallest absolute Gasteiger partial charge is 0.220 e. The molecule has 0 aliphatic heterocycles. The van der Waals surface area contributed by atoms with Crippen molar-refractivity contribution in [1.82, 2.24) is 5.32 Å². The lowest BCUT2D eigenvalue weighted by Crippen LogP contribution is -2.37. The third-order valence-electron chi connectivity index (χ3n) is 2.24. The minimum absolute atomic E-state index is 0.208. The first-order valence-electron chi connectivity index (χ1n) is 6.63. The minimum atomic E-state index is 0.208. The van der Waals surface area contributed by atoms with E-state index >= 15 is 0 Å². The standard InChI is InChI=1S/C13H27NOS2/c1-5-7-13(15)14-12(9-11(3)4)10-17-16-8-6-2/h11-12H,5-10H2,1-4H3,(H,14,15). The molecular weight excluding hydrogens is 250 g/mol. The van der Waals surface area contributed by atoms with Crippen LogP contribution >= 0.6 is 21.6 Å². The summed E-state index contributed by atoms with van der Waals surface area (Å²) in [7, 11) is 3.80. The maximum atomic E-state index is 11.6. The number of amides is 1. The molecule has 1 N–H and O–H groups in total. The van der Waals surface area contributed by atoms with E-state index in [0.717, 1.165) is 18.6 Å².